The van der Waals surface area contributed by atoms with E-state index in [4.69, 9.17) is 4.42 Å². The summed E-state index contributed by atoms with van der Waals surface area (Å²) in [5.74, 6) is 0.805. The quantitative estimate of drug-likeness (QED) is 0.930. The molecule has 1 N–H and O–H groups in total. The molecule has 2 rings (SSSR count). The van der Waals surface area contributed by atoms with Crippen molar-refractivity contribution in [3.63, 3.8) is 0 Å². The van der Waals surface area contributed by atoms with Crippen LogP contribution in [-0.4, -0.2) is 5.11 Å². The number of halogens is 1. The van der Waals surface area contributed by atoms with Gasteiger partial charge in [0.15, 0.2) is 0 Å². The summed E-state index contributed by atoms with van der Waals surface area (Å²) in [7, 11) is 0. The molecule has 2 heterocycles. The minimum atomic E-state index is -0.483. The van der Waals surface area contributed by atoms with Gasteiger partial charge in [0.05, 0.1) is 16.2 Å². The number of aliphatic hydroxyl groups excluding tert-OH is 1. The van der Waals surface area contributed by atoms with Crippen LogP contribution in [0, 0.1) is 0 Å². The molecule has 1 atom stereocenters. The summed E-state index contributed by atoms with van der Waals surface area (Å²) in [6.45, 7) is 0. The van der Waals surface area contributed by atoms with Crippen LogP contribution in [0.15, 0.2) is 38.0 Å². The minimum absolute atomic E-state index is 0.483. The molecule has 2 aromatic heterocycles. The lowest BCUT2D eigenvalue weighted by molar-refractivity contribution is 0.171. The van der Waals surface area contributed by atoms with Crippen LogP contribution in [0.1, 0.15) is 17.4 Å². The normalized spacial score (nSPS) is 13.0. The van der Waals surface area contributed by atoms with Gasteiger partial charge in [-0.3, -0.25) is 0 Å². The van der Waals surface area contributed by atoms with Gasteiger partial charge < -0.3 is 9.52 Å². The zero-order valence-electron chi connectivity index (χ0n) is 7.31. The van der Waals surface area contributed by atoms with Gasteiger partial charge in [0.25, 0.3) is 0 Å². The van der Waals surface area contributed by atoms with E-state index in [0.717, 1.165) is 15.1 Å². The largest absolute Gasteiger partial charge is 0.469 e. The van der Waals surface area contributed by atoms with Gasteiger partial charge in [-0.2, -0.15) is 0 Å². The lowest BCUT2D eigenvalue weighted by atomic mass is 10.1. The van der Waals surface area contributed by atoms with Crippen molar-refractivity contribution in [1.82, 2.24) is 0 Å². The first-order chi connectivity index (χ1) is 6.75. The highest BCUT2D eigenvalue weighted by atomic mass is 79.9. The van der Waals surface area contributed by atoms with Crippen LogP contribution < -0.4 is 0 Å². The van der Waals surface area contributed by atoms with E-state index in [1.807, 2.05) is 23.6 Å². The SMILES string of the molecule is OC(Cc1ccco1)c1csc(Br)c1. The van der Waals surface area contributed by atoms with Crippen molar-refractivity contribution in [2.75, 3.05) is 0 Å². The highest BCUT2D eigenvalue weighted by Crippen LogP contribution is 2.27. The number of aliphatic hydroxyl groups is 1. The molecule has 0 amide bonds. The maximum atomic E-state index is 9.83. The molecular formula is C10H9BrO2S. The Hall–Kier alpha value is -0.580. The Morgan fingerprint density at radius 1 is 1.57 bits per heavy atom. The first kappa shape index (κ1) is 9.96. The smallest absolute Gasteiger partial charge is 0.106 e. The number of thiophene rings is 1. The summed E-state index contributed by atoms with van der Waals surface area (Å²) in [6.07, 6.45) is 1.66. The van der Waals surface area contributed by atoms with E-state index >= 15 is 0 Å². The van der Waals surface area contributed by atoms with Crippen LogP contribution in [-0.2, 0) is 6.42 Å². The molecule has 2 aromatic rings. The Kier molecular flexibility index (Phi) is 3.05. The maximum absolute atomic E-state index is 9.83. The van der Waals surface area contributed by atoms with Crippen LogP contribution >= 0.6 is 27.3 Å². The molecule has 1 unspecified atom stereocenters. The topological polar surface area (TPSA) is 33.4 Å². The van der Waals surface area contributed by atoms with E-state index < -0.39 is 6.10 Å². The molecule has 0 aliphatic carbocycles. The third-order valence-electron chi connectivity index (χ3n) is 1.95. The average molecular weight is 273 g/mol. The molecule has 0 saturated carbocycles. The predicted octanol–water partition coefficient (Wildman–Crippen LogP) is 3.38. The van der Waals surface area contributed by atoms with Crippen LogP contribution in [0.25, 0.3) is 0 Å². The minimum Gasteiger partial charge on any atom is -0.469 e. The highest BCUT2D eigenvalue weighted by Gasteiger charge is 2.11. The molecule has 0 saturated heterocycles. The van der Waals surface area contributed by atoms with Crippen molar-refractivity contribution in [2.24, 2.45) is 0 Å². The fourth-order valence-electron chi connectivity index (χ4n) is 1.24. The summed E-state index contributed by atoms with van der Waals surface area (Å²) in [4.78, 5) is 0. The number of rotatable bonds is 3. The molecule has 2 nitrogen and oxygen atoms in total. The molecule has 4 heteroatoms. The first-order valence-corrected chi connectivity index (χ1v) is 5.87. The van der Waals surface area contributed by atoms with Gasteiger partial charge in [-0.15, -0.1) is 11.3 Å². The first-order valence-electron chi connectivity index (χ1n) is 4.20. The predicted molar refractivity (Wildman–Crippen MR) is 59.4 cm³/mol. The Morgan fingerprint density at radius 2 is 2.43 bits per heavy atom. The molecule has 0 bridgehead atoms. The van der Waals surface area contributed by atoms with Gasteiger partial charge in [-0.1, -0.05) is 0 Å². The summed E-state index contributed by atoms with van der Waals surface area (Å²) in [6, 6.07) is 5.62. The molecular weight excluding hydrogens is 264 g/mol. The van der Waals surface area contributed by atoms with Crippen LogP contribution in [0.2, 0.25) is 0 Å². The second kappa shape index (κ2) is 4.29. The zero-order chi connectivity index (χ0) is 9.97. The number of hydrogen-bond acceptors (Lipinski definition) is 3. The average Bonchev–Trinajstić information content (AvgIpc) is 2.75. The number of furan rings is 1. The fraction of sp³-hybridized carbons (Fsp3) is 0.200. The van der Waals surface area contributed by atoms with Crippen LogP contribution in [0.5, 0.6) is 0 Å². The lowest BCUT2D eigenvalue weighted by Crippen LogP contribution is -1.98. The Morgan fingerprint density at radius 3 is 3.00 bits per heavy atom. The van der Waals surface area contributed by atoms with Crippen molar-refractivity contribution in [3.05, 3.63) is 45.0 Å². The van der Waals surface area contributed by atoms with E-state index in [1.54, 1.807) is 17.6 Å². The van der Waals surface area contributed by atoms with Crippen LogP contribution in [0.4, 0.5) is 0 Å². The van der Waals surface area contributed by atoms with E-state index in [1.165, 1.54) is 0 Å². The molecule has 74 valence electrons. The van der Waals surface area contributed by atoms with Gasteiger partial charge in [-0.05, 0) is 45.1 Å². The molecule has 0 aromatic carbocycles. The standard InChI is InChI=1S/C10H9BrO2S/c11-10-4-7(6-14-10)9(12)5-8-2-1-3-13-8/h1-4,6,9,12H,5H2. The zero-order valence-corrected chi connectivity index (χ0v) is 9.72. The number of hydrogen-bond donors (Lipinski definition) is 1. The third kappa shape index (κ3) is 2.26. The summed E-state index contributed by atoms with van der Waals surface area (Å²) in [5.41, 5.74) is 0.929. The van der Waals surface area contributed by atoms with Crippen molar-refractivity contribution >= 4 is 27.3 Å². The molecule has 14 heavy (non-hydrogen) atoms. The Balaban J connectivity index is 2.06. The Labute approximate surface area is 94.3 Å². The molecule has 0 radical (unpaired) electrons. The summed E-state index contributed by atoms with van der Waals surface area (Å²) >= 11 is 4.93. The fourth-order valence-corrected chi connectivity index (χ4v) is 2.46. The van der Waals surface area contributed by atoms with Gasteiger partial charge >= 0.3 is 0 Å². The van der Waals surface area contributed by atoms with E-state index in [2.05, 4.69) is 15.9 Å². The third-order valence-corrected chi connectivity index (χ3v) is 3.47. The van der Waals surface area contributed by atoms with E-state index in [9.17, 15) is 5.11 Å². The molecule has 0 spiro atoms. The van der Waals surface area contributed by atoms with Gasteiger partial charge in [0.1, 0.15) is 5.76 Å². The van der Waals surface area contributed by atoms with Crippen LogP contribution in [0.3, 0.4) is 0 Å². The van der Waals surface area contributed by atoms with Crippen molar-refractivity contribution < 1.29 is 9.52 Å². The van der Waals surface area contributed by atoms with E-state index in [0.29, 0.717) is 6.42 Å². The Bertz CT molecular complexity index is 394. The van der Waals surface area contributed by atoms with Gasteiger partial charge in [0.2, 0.25) is 0 Å². The van der Waals surface area contributed by atoms with Crippen molar-refractivity contribution in [3.8, 4) is 0 Å². The monoisotopic (exact) mass is 272 g/mol. The van der Waals surface area contributed by atoms with Gasteiger partial charge in [-0.25, -0.2) is 0 Å². The van der Waals surface area contributed by atoms with Crippen molar-refractivity contribution in [1.29, 1.82) is 0 Å². The maximum Gasteiger partial charge on any atom is 0.106 e. The highest BCUT2D eigenvalue weighted by molar-refractivity contribution is 9.11. The molecule has 0 aliphatic heterocycles. The second-order valence-corrected chi connectivity index (χ2v) is 5.27. The second-order valence-electron chi connectivity index (χ2n) is 2.98. The molecule has 0 fully saturated rings. The lowest BCUT2D eigenvalue weighted by Gasteiger charge is -2.05. The summed E-state index contributed by atoms with van der Waals surface area (Å²) in [5, 5.41) is 11.8. The summed E-state index contributed by atoms with van der Waals surface area (Å²) < 4.78 is 6.20. The van der Waals surface area contributed by atoms with Gasteiger partial charge in [0, 0.05) is 6.42 Å². The molecule has 0 aliphatic rings. The van der Waals surface area contributed by atoms with E-state index in [-0.39, 0.29) is 0 Å². The van der Waals surface area contributed by atoms with Crippen molar-refractivity contribution in [2.45, 2.75) is 12.5 Å².